The predicted molar refractivity (Wildman–Crippen MR) is 73.3 cm³/mol. The van der Waals surface area contributed by atoms with Crippen molar-refractivity contribution in [2.75, 3.05) is 26.8 Å². The summed E-state index contributed by atoms with van der Waals surface area (Å²) in [4.78, 5) is 2.38. The van der Waals surface area contributed by atoms with Crippen LogP contribution in [-0.4, -0.2) is 49.0 Å². The van der Waals surface area contributed by atoms with Gasteiger partial charge in [0.25, 0.3) is 0 Å². The highest BCUT2D eigenvalue weighted by molar-refractivity contribution is 4.78. The van der Waals surface area contributed by atoms with Gasteiger partial charge >= 0.3 is 0 Å². The van der Waals surface area contributed by atoms with E-state index in [0.29, 0.717) is 5.92 Å². The number of ether oxygens (including phenoxy) is 1. The summed E-state index contributed by atoms with van der Waals surface area (Å²) >= 11 is 0. The van der Waals surface area contributed by atoms with Crippen molar-refractivity contribution in [1.29, 1.82) is 0 Å². The Hall–Kier alpha value is -0.120. The van der Waals surface area contributed by atoms with Crippen LogP contribution in [0, 0.1) is 5.92 Å². The van der Waals surface area contributed by atoms with E-state index >= 15 is 0 Å². The molecule has 0 aliphatic rings. The summed E-state index contributed by atoms with van der Waals surface area (Å²) in [6, 6.07) is 0.271. The Bertz CT molecular complexity index is 174. The molecule has 0 aliphatic heterocycles. The standard InChI is InChI=1S/C14H31NO2/c1-6-8-14(16)13(7-2)15(9-10-17-5)11-12(3)4/h12-14,16H,6-11H2,1-5H3. The fourth-order valence-corrected chi connectivity index (χ4v) is 2.33. The molecule has 3 heteroatoms. The summed E-state index contributed by atoms with van der Waals surface area (Å²) in [7, 11) is 1.73. The molecule has 3 nitrogen and oxygen atoms in total. The van der Waals surface area contributed by atoms with E-state index in [9.17, 15) is 5.11 Å². The van der Waals surface area contributed by atoms with Crippen molar-refractivity contribution in [2.45, 2.75) is 59.1 Å². The zero-order valence-electron chi connectivity index (χ0n) is 12.3. The Morgan fingerprint density at radius 1 is 1.24 bits per heavy atom. The van der Waals surface area contributed by atoms with Gasteiger partial charge < -0.3 is 9.84 Å². The lowest BCUT2D eigenvalue weighted by molar-refractivity contribution is 0.0213. The molecule has 0 rings (SSSR count). The molecule has 0 amide bonds. The fraction of sp³-hybridized carbons (Fsp3) is 1.00. The summed E-state index contributed by atoms with van der Waals surface area (Å²) in [5.41, 5.74) is 0. The zero-order valence-corrected chi connectivity index (χ0v) is 12.3. The van der Waals surface area contributed by atoms with Crippen molar-refractivity contribution in [2.24, 2.45) is 5.92 Å². The average Bonchev–Trinajstić information content (AvgIpc) is 2.26. The van der Waals surface area contributed by atoms with Crippen LogP contribution in [0.4, 0.5) is 0 Å². The summed E-state index contributed by atoms with van der Waals surface area (Å²) in [5, 5.41) is 10.2. The van der Waals surface area contributed by atoms with Gasteiger partial charge in [-0.3, -0.25) is 4.90 Å². The second-order valence-electron chi connectivity index (χ2n) is 5.21. The molecule has 0 heterocycles. The number of aliphatic hydroxyl groups excluding tert-OH is 1. The maximum absolute atomic E-state index is 10.2. The predicted octanol–water partition coefficient (Wildman–Crippen LogP) is 2.53. The number of hydrogen-bond donors (Lipinski definition) is 1. The molecule has 0 aromatic carbocycles. The number of aliphatic hydroxyl groups is 1. The lowest BCUT2D eigenvalue weighted by atomic mass is 10.0. The lowest BCUT2D eigenvalue weighted by Crippen LogP contribution is -2.46. The third-order valence-electron chi connectivity index (χ3n) is 3.10. The molecule has 1 N–H and O–H groups in total. The van der Waals surface area contributed by atoms with Gasteiger partial charge in [0.05, 0.1) is 12.7 Å². The quantitative estimate of drug-likeness (QED) is 0.642. The van der Waals surface area contributed by atoms with Crippen LogP contribution in [0.1, 0.15) is 47.0 Å². The first-order chi connectivity index (χ1) is 8.06. The minimum atomic E-state index is -0.208. The zero-order chi connectivity index (χ0) is 13.3. The normalized spacial score (nSPS) is 15.5. The van der Waals surface area contributed by atoms with Crippen molar-refractivity contribution in [1.82, 2.24) is 4.90 Å². The molecule has 0 aliphatic carbocycles. The van der Waals surface area contributed by atoms with Gasteiger partial charge in [0.15, 0.2) is 0 Å². The molecule has 17 heavy (non-hydrogen) atoms. The van der Waals surface area contributed by atoms with E-state index in [4.69, 9.17) is 4.74 Å². The smallest absolute Gasteiger partial charge is 0.0695 e. The van der Waals surface area contributed by atoms with Crippen LogP contribution < -0.4 is 0 Å². The van der Waals surface area contributed by atoms with Crippen molar-refractivity contribution < 1.29 is 9.84 Å². The van der Waals surface area contributed by atoms with Crippen LogP contribution in [0.3, 0.4) is 0 Å². The van der Waals surface area contributed by atoms with Gasteiger partial charge in [-0.2, -0.15) is 0 Å². The highest BCUT2D eigenvalue weighted by Gasteiger charge is 2.24. The van der Waals surface area contributed by atoms with E-state index in [1.807, 2.05) is 0 Å². The van der Waals surface area contributed by atoms with Gasteiger partial charge in [0.1, 0.15) is 0 Å². The Morgan fingerprint density at radius 3 is 2.29 bits per heavy atom. The minimum Gasteiger partial charge on any atom is -0.391 e. The van der Waals surface area contributed by atoms with Crippen LogP contribution in [-0.2, 0) is 4.74 Å². The molecular weight excluding hydrogens is 214 g/mol. The maximum Gasteiger partial charge on any atom is 0.0695 e. The number of methoxy groups -OCH3 is 1. The molecule has 0 fully saturated rings. The SMILES string of the molecule is CCCC(O)C(CC)N(CCOC)CC(C)C. The fourth-order valence-electron chi connectivity index (χ4n) is 2.33. The number of rotatable bonds is 10. The molecule has 0 radical (unpaired) electrons. The molecule has 2 atom stereocenters. The molecular formula is C14H31NO2. The lowest BCUT2D eigenvalue weighted by Gasteiger charge is -2.35. The topological polar surface area (TPSA) is 32.7 Å². The Morgan fingerprint density at radius 2 is 1.88 bits per heavy atom. The number of hydrogen-bond acceptors (Lipinski definition) is 3. The molecule has 0 bridgehead atoms. The third-order valence-corrected chi connectivity index (χ3v) is 3.10. The molecule has 104 valence electrons. The van der Waals surface area contributed by atoms with Gasteiger partial charge in [-0.15, -0.1) is 0 Å². The van der Waals surface area contributed by atoms with Crippen LogP contribution in [0.2, 0.25) is 0 Å². The Balaban J connectivity index is 4.46. The van der Waals surface area contributed by atoms with Crippen molar-refractivity contribution in [3.63, 3.8) is 0 Å². The van der Waals surface area contributed by atoms with E-state index in [1.165, 1.54) is 0 Å². The van der Waals surface area contributed by atoms with Crippen LogP contribution in [0.25, 0.3) is 0 Å². The molecule has 0 aromatic rings. The van der Waals surface area contributed by atoms with Gasteiger partial charge in [0, 0.05) is 26.2 Å². The van der Waals surface area contributed by atoms with Crippen LogP contribution in [0.15, 0.2) is 0 Å². The third kappa shape index (κ3) is 7.02. The summed E-state index contributed by atoms with van der Waals surface area (Å²) in [5.74, 6) is 0.620. The van der Waals surface area contributed by atoms with E-state index < -0.39 is 0 Å². The van der Waals surface area contributed by atoms with Gasteiger partial charge in [-0.05, 0) is 18.8 Å². The molecule has 0 saturated heterocycles. The molecule has 2 unspecified atom stereocenters. The van der Waals surface area contributed by atoms with Gasteiger partial charge in [0.2, 0.25) is 0 Å². The first-order valence-electron chi connectivity index (χ1n) is 6.97. The van der Waals surface area contributed by atoms with E-state index in [1.54, 1.807) is 7.11 Å². The summed E-state index contributed by atoms with van der Waals surface area (Å²) in [6.07, 6.45) is 2.72. The van der Waals surface area contributed by atoms with Crippen molar-refractivity contribution in [3.05, 3.63) is 0 Å². The van der Waals surface area contributed by atoms with E-state index in [-0.39, 0.29) is 12.1 Å². The molecule has 0 spiro atoms. The van der Waals surface area contributed by atoms with Gasteiger partial charge in [-0.25, -0.2) is 0 Å². The monoisotopic (exact) mass is 245 g/mol. The van der Waals surface area contributed by atoms with E-state index in [2.05, 4.69) is 32.6 Å². The second kappa shape index (κ2) is 9.86. The first kappa shape index (κ1) is 16.9. The highest BCUT2D eigenvalue weighted by atomic mass is 16.5. The van der Waals surface area contributed by atoms with Crippen molar-refractivity contribution >= 4 is 0 Å². The van der Waals surface area contributed by atoms with Crippen LogP contribution >= 0.6 is 0 Å². The van der Waals surface area contributed by atoms with Crippen molar-refractivity contribution in [3.8, 4) is 0 Å². The van der Waals surface area contributed by atoms with Crippen LogP contribution in [0.5, 0.6) is 0 Å². The first-order valence-corrected chi connectivity index (χ1v) is 6.97. The van der Waals surface area contributed by atoms with Gasteiger partial charge in [-0.1, -0.05) is 34.1 Å². The minimum absolute atomic E-state index is 0.208. The Labute approximate surface area is 107 Å². The largest absolute Gasteiger partial charge is 0.391 e. The van der Waals surface area contributed by atoms with E-state index in [0.717, 1.165) is 39.0 Å². The number of nitrogens with zero attached hydrogens (tertiary/aromatic N) is 1. The summed E-state index contributed by atoms with van der Waals surface area (Å²) in [6.45, 7) is 11.4. The molecule has 0 saturated carbocycles. The maximum atomic E-state index is 10.2. The average molecular weight is 245 g/mol. The Kier molecular flexibility index (Phi) is 9.79. The summed E-state index contributed by atoms with van der Waals surface area (Å²) < 4.78 is 5.16. The molecule has 0 aromatic heterocycles. The highest BCUT2D eigenvalue weighted by Crippen LogP contribution is 2.15. The second-order valence-corrected chi connectivity index (χ2v) is 5.21.